The van der Waals surface area contributed by atoms with Gasteiger partial charge >= 0.3 is 0 Å². The van der Waals surface area contributed by atoms with Crippen molar-refractivity contribution in [3.8, 4) is 0 Å². The summed E-state index contributed by atoms with van der Waals surface area (Å²) < 4.78 is 6.23. The van der Waals surface area contributed by atoms with Crippen LogP contribution in [0.2, 0.25) is 0 Å². The van der Waals surface area contributed by atoms with E-state index in [-0.39, 0.29) is 0 Å². The molecule has 0 atom stereocenters. The van der Waals surface area contributed by atoms with Crippen LogP contribution in [0.1, 0.15) is 53.4 Å². The molecule has 0 aromatic heterocycles. The third-order valence-electron chi connectivity index (χ3n) is 5.11. The van der Waals surface area contributed by atoms with Crippen molar-refractivity contribution in [2.24, 2.45) is 11.8 Å². The zero-order valence-corrected chi connectivity index (χ0v) is 14.7. The van der Waals surface area contributed by atoms with Crippen molar-refractivity contribution in [3.05, 3.63) is 0 Å². The van der Waals surface area contributed by atoms with E-state index in [0.29, 0.717) is 12.1 Å². The monoisotopic (exact) mass is 296 g/mol. The molecule has 2 aliphatic heterocycles. The highest BCUT2D eigenvalue weighted by molar-refractivity contribution is 4.77. The Labute approximate surface area is 132 Å². The zero-order valence-electron chi connectivity index (χ0n) is 14.7. The molecule has 2 rings (SSSR count). The second-order valence-electron chi connectivity index (χ2n) is 7.80. The summed E-state index contributed by atoms with van der Waals surface area (Å²) in [6.45, 7) is 16.5. The Morgan fingerprint density at radius 2 is 1.52 bits per heavy atom. The fraction of sp³-hybridized carbons (Fsp3) is 1.00. The van der Waals surface area contributed by atoms with E-state index in [0.717, 1.165) is 18.4 Å². The van der Waals surface area contributed by atoms with Crippen molar-refractivity contribution >= 4 is 0 Å². The van der Waals surface area contributed by atoms with E-state index in [1.165, 1.54) is 58.4 Å². The van der Waals surface area contributed by atoms with Crippen LogP contribution in [0.3, 0.4) is 0 Å². The van der Waals surface area contributed by atoms with Gasteiger partial charge in [-0.3, -0.25) is 0 Å². The summed E-state index contributed by atoms with van der Waals surface area (Å²) >= 11 is 0. The van der Waals surface area contributed by atoms with Crippen molar-refractivity contribution in [1.82, 2.24) is 9.80 Å². The SMILES string of the molecule is CC(C)CN1CCC(OCC2CCN(C(C)C)CC2)CC1. The van der Waals surface area contributed by atoms with Crippen LogP contribution in [-0.2, 0) is 4.74 Å². The highest BCUT2D eigenvalue weighted by atomic mass is 16.5. The Morgan fingerprint density at radius 3 is 2.05 bits per heavy atom. The van der Waals surface area contributed by atoms with Crippen molar-refractivity contribution < 1.29 is 4.74 Å². The number of ether oxygens (including phenoxy) is 1. The third-order valence-corrected chi connectivity index (χ3v) is 5.11. The molecule has 0 bridgehead atoms. The van der Waals surface area contributed by atoms with Crippen LogP contribution in [0.15, 0.2) is 0 Å². The van der Waals surface area contributed by atoms with Gasteiger partial charge in [-0.15, -0.1) is 0 Å². The van der Waals surface area contributed by atoms with Gasteiger partial charge in [0.15, 0.2) is 0 Å². The fourth-order valence-electron chi connectivity index (χ4n) is 3.68. The number of likely N-dealkylation sites (tertiary alicyclic amines) is 2. The summed E-state index contributed by atoms with van der Waals surface area (Å²) in [4.78, 5) is 5.20. The first-order valence-electron chi connectivity index (χ1n) is 9.12. The minimum absolute atomic E-state index is 0.525. The summed E-state index contributed by atoms with van der Waals surface area (Å²) in [5.41, 5.74) is 0. The molecule has 2 heterocycles. The lowest BCUT2D eigenvalue weighted by atomic mass is 9.96. The Balaban J connectivity index is 1.58. The summed E-state index contributed by atoms with van der Waals surface area (Å²) in [5, 5.41) is 0. The molecule has 0 unspecified atom stereocenters. The maximum Gasteiger partial charge on any atom is 0.0599 e. The summed E-state index contributed by atoms with van der Waals surface area (Å²) in [6.07, 6.45) is 5.64. The minimum atomic E-state index is 0.525. The van der Waals surface area contributed by atoms with Gasteiger partial charge in [0.25, 0.3) is 0 Å². The van der Waals surface area contributed by atoms with Gasteiger partial charge in [-0.25, -0.2) is 0 Å². The summed E-state index contributed by atoms with van der Waals surface area (Å²) in [6, 6.07) is 0.706. The predicted octanol–water partition coefficient (Wildman–Crippen LogP) is 3.24. The first kappa shape index (κ1) is 17.2. The average molecular weight is 296 g/mol. The van der Waals surface area contributed by atoms with Crippen LogP contribution in [0.25, 0.3) is 0 Å². The van der Waals surface area contributed by atoms with Gasteiger partial charge in [0.1, 0.15) is 0 Å². The molecule has 21 heavy (non-hydrogen) atoms. The lowest BCUT2D eigenvalue weighted by molar-refractivity contribution is -0.0220. The Morgan fingerprint density at radius 1 is 0.905 bits per heavy atom. The topological polar surface area (TPSA) is 15.7 Å². The Bertz CT molecular complexity index is 277. The Hall–Kier alpha value is -0.120. The predicted molar refractivity (Wildman–Crippen MR) is 89.7 cm³/mol. The second-order valence-corrected chi connectivity index (χ2v) is 7.80. The van der Waals surface area contributed by atoms with Crippen molar-refractivity contribution in [3.63, 3.8) is 0 Å². The maximum atomic E-state index is 6.23. The number of nitrogens with zero attached hydrogens (tertiary/aromatic N) is 2. The lowest BCUT2D eigenvalue weighted by Gasteiger charge is -2.36. The highest BCUT2D eigenvalue weighted by Crippen LogP contribution is 2.22. The fourth-order valence-corrected chi connectivity index (χ4v) is 3.68. The first-order chi connectivity index (χ1) is 10.0. The number of piperidine rings is 2. The summed E-state index contributed by atoms with van der Waals surface area (Å²) in [7, 11) is 0. The van der Waals surface area contributed by atoms with Gasteiger partial charge in [-0.2, -0.15) is 0 Å². The van der Waals surface area contributed by atoms with Gasteiger partial charge in [-0.1, -0.05) is 13.8 Å². The number of rotatable bonds is 6. The second kappa shape index (κ2) is 8.50. The van der Waals surface area contributed by atoms with E-state index in [2.05, 4.69) is 37.5 Å². The van der Waals surface area contributed by atoms with E-state index >= 15 is 0 Å². The van der Waals surface area contributed by atoms with E-state index < -0.39 is 0 Å². The lowest BCUT2D eigenvalue weighted by Crippen LogP contribution is -2.41. The molecule has 0 aromatic carbocycles. The van der Waals surface area contributed by atoms with Crippen LogP contribution >= 0.6 is 0 Å². The van der Waals surface area contributed by atoms with Gasteiger partial charge in [-0.05, 0) is 64.5 Å². The highest BCUT2D eigenvalue weighted by Gasteiger charge is 2.24. The molecule has 0 aromatic rings. The molecular formula is C18H36N2O. The van der Waals surface area contributed by atoms with Gasteiger partial charge < -0.3 is 14.5 Å². The third kappa shape index (κ3) is 5.88. The Kier molecular flexibility index (Phi) is 6.97. The molecule has 0 saturated carbocycles. The van der Waals surface area contributed by atoms with E-state index in [1.807, 2.05) is 0 Å². The maximum absolute atomic E-state index is 6.23. The van der Waals surface area contributed by atoms with Gasteiger partial charge in [0.2, 0.25) is 0 Å². The molecule has 3 heteroatoms. The van der Waals surface area contributed by atoms with E-state index in [4.69, 9.17) is 4.74 Å². The molecule has 2 aliphatic rings. The standard InChI is InChI=1S/C18H36N2O/c1-15(2)13-19-9-7-18(8-10-19)21-14-17-5-11-20(12-6-17)16(3)4/h15-18H,5-14H2,1-4H3. The molecule has 3 nitrogen and oxygen atoms in total. The van der Waals surface area contributed by atoms with E-state index in [9.17, 15) is 0 Å². The van der Waals surface area contributed by atoms with Crippen molar-refractivity contribution in [1.29, 1.82) is 0 Å². The van der Waals surface area contributed by atoms with Crippen LogP contribution in [0, 0.1) is 11.8 Å². The van der Waals surface area contributed by atoms with Gasteiger partial charge in [0, 0.05) is 32.3 Å². The normalized spacial score (nSPS) is 24.3. The zero-order chi connectivity index (χ0) is 15.2. The minimum Gasteiger partial charge on any atom is -0.378 e. The smallest absolute Gasteiger partial charge is 0.0599 e. The van der Waals surface area contributed by atoms with Crippen molar-refractivity contribution in [2.75, 3.05) is 39.3 Å². The van der Waals surface area contributed by atoms with Gasteiger partial charge in [0.05, 0.1) is 6.10 Å². The number of hydrogen-bond acceptors (Lipinski definition) is 3. The van der Waals surface area contributed by atoms with Crippen LogP contribution in [0.5, 0.6) is 0 Å². The molecule has 0 N–H and O–H groups in total. The molecule has 2 saturated heterocycles. The molecule has 124 valence electrons. The molecule has 0 aliphatic carbocycles. The molecular weight excluding hydrogens is 260 g/mol. The largest absolute Gasteiger partial charge is 0.378 e. The molecule has 0 spiro atoms. The molecule has 2 fully saturated rings. The van der Waals surface area contributed by atoms with Crippen LogP contribution in [-0.4, -0.2) is 61.3 Å². The average Bonchev–Trinajstić information content (AvgIpc) is 2.46. The van der Waals surface area contributed by atoms with Crippen LogP contribution in [0.4, 0.5) is 0 Å². The molecule has 0 amide bonds. The van der Waals surface area contributed by atoms with Crippen molar-refractivity contribution in [2.45, 2.75) is 65.5 Å². The quantitative estimate of drug-likeness (QED) is 0.748. The van der Waals surface area contributed by atoms with Crippen LogP contribution < -0.4 is 0 Å². The summed E-state index contributed by atoms with van der Waals surface area (Å²) in [5.74, 6) is 1.59. The van der Waals surface area contributed by atoms with E-state index in [1.54, 1.807) is 0 Å². The molecule has 0 radical (unpaired) electrons. The first-order valence-corrected chi connectivity index (χ1v) is 9.12. The number of hydrogen-bond donors (Lipinski definition) is 0.